The largest absolute Gasteiger partial charge is 0.359 e. The molecular weight excluding hydrogens is 310 g/mol. The van der Waals surface area contributed by atoms with Crippen LogP contribution in [0.4, 0.5) is 0 Å². The number of aliphatic hydroxyl groups is 1. The van der Waals surface area contributed by atoms with Gasteiger partial charge in [0.25, 0.3) is 5.91 Å². The van der Waals surface area contributed by atoms with Gasteiger partial charge in [0, 0.05) is 36.4 Å². The van der Waals surface area contributed by atoms with Crippen LogP contribution in [0.5, 0.6) is 0 Å². The standard InChI is InChI=1S/C17H27N3O2S/c18-8-9-20-16(21)13-6-4-12(5-7-13)11-23-17(22)14-2-1-3-15(19)10-14/h4-7,14-15,22-23H,1-3,8-11,18-19H2,(H,20,21)/t14-,15+/m0/s1. The molecule has 0 radical (unpaired) electrons. The molecule has 1 saturated carbocycles. The lowest BCUT2D eigenvalue weighted by atomic mass is 9.87. The fourth-order valence-corrected chi connectivity index (χ4v) is 3.86. The summed E-state index contributed by atoms with van der Waals surface area (Å²) in [6, 6.07) is 7.71. The summed E-state index contributed by atoms with van der Waals surface area (Å²) in [6.07, 6.45) is 4.08. The molecule has 0 bridgehead atoms. The van der Waals surface area contributed by atoms with E-state index >= 15 is 0 Å². The van der Waals surface area contributed by atoms with Crippen molar-refractivity contribution in [2.75, 3.05) is 13.1 Å². The summed E-state index contributed by atoms with van der Waals surface area (Å²) in [7, 11) is 0. The Bertz CT molecular complexity index is 545. The second-order valence-corrected chi connectivity index (χ2v) is 7.13. The molecule has 23 heavy (non-hydrogen) atoms. The van der Waals surface area contributed by atoms with Crippen molar-refractivity contribution in [2.24, 2.45) is 17.4 Å². The molecule has 2 atom stereocenters. The van der Waals surface area contributed by atoms with Crippen LogP contribution in [0.1, 0.15) is 41.6 Å². The van der Waals surface area contributed by atoms with Gasteiger partial charge in [0.2, 0.25) is 0 Å². The predicted octanol–water partition coefficient (Wildman–Crippen LogP) is 1.55. The molecule has 1 aliphatic rings. The van der Waals surface area contributed by atoms with Crippen LogP contribution in [0, 0.1) is 5.92 Å². The number of carbonyl (C=O) groups is 1. The molecule has 128 valence electrons. The van der Waals surface area contributed by atoms with E-state index in [9.17, 15) is 9.90 Å². The topological polar surface area (TPSA) is 101 Å². The molecule has 1 aromatic rings. The monoisotopic (exact) mass is 337 g/mol. The van der Waals surface area contributed by atoms with E-state index in [0.29, 0.717) is 23.7 Å². The van der Waals surface area contributed by atoms with Crippen molar-refractivity contribution in [1.82, 2.24) is 5.32 Å². The van der Waals surface area contributed by atoms with Crippen molar-refractivity contribution in [2.45, 2.75) is 37.5 Å². The zero-order valence-corrected chi connectivity index (χ0v) is 14.3. The highest BCUT2D eigenvalue weighted by Crippen LogP contribution is 2.25. The molecule has 2 rings (SSSR count). The van der Waals surface area contributed by atoms with Crippen LogP contribution < -0.4 is 16.8 Å². The lowest BCUT2D eigenvalue weighted by molar-refractivity contribution is 0.0954. The van der Waals surface area contributed by atoms with Crippen LogP contribution in [0.3, 0.4) is 0 Å². The highest BCUT2D eigenvalue weighted by atomic mass is 32.1. The van der Waals surface area contributed by atoms with Crippen LogP contribution >= 0.6 is 11.4 Å². The Kier molecular flexibility index (Phi) is 7.23. The maximum atomic E-state index is 11.8. The lowest BCUT2D eigenvalue weighted by Crippen LogP contribution is -2.31. The number of carbonyl (C=O) groups excluding carboxylic acids is 1. The van der Waals surface area contributed by atoms with E-state index in [2.05, 4.69) is 5.32 Å². The fraction of sp³-hybridized carbons (Fsp3) is 0.529. The number of thiol groups is 1. The second-order valence-electron chi connectivity index (χ2n) is 6.04. The number of benzene rings is 1. The third kappa shape index (κ3) is 5.73. The van der Waals surface area contributed by atoms with Gasteiger partial charge in [0.15, 0.2) is 0 Å². The van der Waals surface area contributed by atoms with Crippen molar-refractivity contribution >= 4 is 22.3 Å². The van der Waals surface area contributed by atoms with Gasteiger partial charge in [-0.2, -0.15) is 11.4 Å². The quantitative estimate of drug-likeness (QED) is 0.401. The maximum absolute atomic E-state index is 11.8. The van der Waals surface area contributed by atoms with Gasteiger partial charge in [-0.25, -0.2) is 0 Å². The number of amides is 1. The minimum Gasteiger partial charge on any atom is -0.359 e. The number of hydrogen-bond donors (Lipinski definition) is 5. The van der Waals surface area contributed by atoms with Gasteiger partial charge in [-0.05, 0) is 37.0 Å². The smallest absolute Gasteiger partial charge is 0.251 e. The van der Waals surface area contributed by atoms with Crippen molar-refractivity contribution in [3.63, 3.8) is 0 Å². The van der Waals surface area contributed by atoms with Crippen molar-refractivity contribution in [3.8, 4) is 0 Å². The molecule has 1 aromatic carbocycles. The third-order valence-electron chi connectivity index (χ3n) is 4.15. The highest BCUT2D eigenvalue weighted by Gasteiger charge is 2.21. The summed E-state index contributed by atoms with van der Waals surface area (Å²) < 4.78 is 0. The molecule has 0 aliphatic heterocycles. The molecule has 0 spiro atoms. The van der Waals surface area contributed by atoms with Crippen molar-refractivity contribution < 1.29 is 9.90 Å². The van der Waals surface area contributed by atoms with Gasteiger partial charge < -0.3 is 21.9 Å². The summed E-state index contributed by atoms with van der Waals surface area (Å²) in [5.74, 6) is 0.884. The van der Waals surface area contributed by atoms with Gasteiger partial charge in [0.1, 0.15) is 0 Å². The molecule has 0 aromatic heterocycles. The Morgan fingerprint density at radius 2 is 2.04 bits per heavy atom. The van der Waals surface area contributed by atoms with Gasteiger partial charge in [-0.1, -0.05) is 18.6 Å². The zero-order valence-electron chi connectivity index (χ0n) is 13.4. The molecule has 0 unspecified atom stereocenters. The average molecular weight is 337 g/mol. The number of hydrogen-bond acceptors (Lipinski definition) is 3. The molecular formula is C17H27N3O2S. The van der Waals surface area contributed by atoms with Gasteiger partial charge >= 0.3 is 0 Å². The first-order valence-corrected chi connectivity index (χ1v) is 9.24. The highest BCUT2D eigenvalue weighted by molar-refractivity contribution is 7.97. The molecule has 1 fully saturated rings. The van der Waals surface area contributed by atoms with Crippen LogP contribution in [-0.4, -0.2) is 35.2 Å². The van der Waals surface area contributed by atoms with E-state index in [0.717, 1.165) is 48.4 Å². The Morgan fingerprint density at radius 1 is 1.30 bits per heavy atom. The first-order valence-electron chi connectivity index (χ1n) is 8.16. The first kappa shape index (κ1) is 18.1. The summed E-state index contributed by atoms with van der Waals surface area (Å²) in [6.45, 7) is 0.911. The van der Waals surface area contributed by atoms with E-state index in [1.807, 2.05) is 24.3 Å². The average Bonchev–Trinajstić information content (AvgIpc) is 2.58. The number of nitrogens with two attached hydrogens (primary N) is 2. The van der Waals surface area contributed by atoms with E-state index in [-0.39, 0.29) is 17.9 Å². The maximum Gasteiger partial charge on any atom is 0.251 e. The number of rotatable bonds is 6. The molecule has 1 aliphatic carbocycles. The van der Waals surface area contributed by atoms with E-state index in [1.54, 1.807) is 0 Å². The lowest BCUT2D eigenvalue weighted by Gasteiger charge is -2.26. The van der Waals surface area contributed by atoms with Gasteiger partial charge in [-0.15, -0.1) is 0 Å². The number of nitrogens with one attached hydrogen (secondary N) is 1. The molecule has 0 heterocycles. The van der Waals surface area contributed by atoms with E-state index < -0.39 is 0 Å². The normalized spacial score (nSPS) is 22.3. The van der Waals surface area contributed by atoms with Crippen LogP contribution in [0.15, 0.2) is 24.3 Å². The van der Waals surface area contributed by atoms with Crippen LogP contribution in [0.25, 0.3) is 0 Å². The predicted molar refractivity (Wildman–Crippen MR) is 98.1 cm³/mol. The van der Waals surface area contributed by atoms with Gasteiger partial charge in [-0.3, -0.25) is 4.79 Å². The molecule has 6 heteroatoms. The van der Waals surface area contributed by atoms with Crippen LogP contribution in [0.2, 0.25) is 0 Å². The molecule has 6 N–H and O–H groups in total. The van der Waals surface area contributed by atoms with Crippen molar-refractivity contribution in [1.29, 1.82) is 0 Å². The van der Waals surface area contributed by atoms with Crippen molar-refractivity contribution in [3.05, 3.63) is 35.4 Å². The molecule has 0 saturated heterocycles. The molecule has 5 nitrogen and oxygen atoms in total. The fourth-order valence-electron chi connectivity index (χ4n) is 2.81. The Morgan fingerprint density at radius 3 is 2.70 bits per heavy atom. The van der Waals surface area contributed by atoms with Crippen LogP contribution in [-0.2, 0) is 5.75 Å². The number of aliphatic hydroxyl groups excluding tert-OH is 1. The summed E-state index contributed by atoms with van der Waals surface area (Å²) in [4.78, 5) is 11.8. The van der Waals surface area contributed by atoms with Gasteiger partial charge in [0.05, 0.1) is 5.05 Å². The SMILES string of the molecule is NCCNC(=O)c1ccc(C[SH]=C(O)[C@H]2CCC[C@@H](N)C2)cc1. The first-order chi connectivity index (χ1) is 11.1. The Balaban J connectivity index is 1.90. The van der Waals surface area contributed by atoms with E-state index in [4.69, 9.17) is 11.5 Å². The third-order valence-corrected chi connectivity index (χ3v) is 5.36. The Labute approximate surface area is 141 Å². The second kappa shape index (κ2) is 9.17. The summed E-state index contributed by atoms with van der Waals surface area (Å²) in [5, 5.41) is 13.6. The summed E-state index contributed by atoms with van der Waals surface area (Å²) in [5.41, 5.74) is 13.1. The minimum absolute atomic E-state index is 0.106. The molecule has 1 amide bonds. The zero-order chi connectivity index (χ0) is 16.7. The van der Waals surface area contributed by atoms with E-state index in [1.165, 1.54) is 0 Å². The minimum atomic E-state index is -0.106. The Hall–Kier alpha value is -1.21. The summed E-state index contributed by atoms with van der Waals surface area (Å²) >= 11 is 0.930.